The van der Waals surface area contributed by atoms with Crippen LogP contribution in [0.5, 0.6) is 0 Å². The van der Waals surface area contributed by atoms with E-state index in [1.54, 1.807) is 25.1 Å². The lowest BCUT2D eigenvalue weighted by atomic mass is 10.2. The molecule has 0 aliphatic carbocycles. The van der Waals surface area contributed by atoms with Crippen LogP contribution in [0.4, 0.5) is 24.8 Å². The molecule has 0 aliphatic rings. The Balaban J connectivity index is 1.69. The third kappa shape index (κ3) is 4.41. The first-order valence-electron chi connectivity index (χ1n) is 8.01. The van der Waals surface area contributed by atoms with E-state index in [0.29, 0.717) is 11.3 Å². The van der Waals surface area contributed by atoms with Gasteiger partial charge >= 0.3 is 0 Å². The normalized spacial score (nSPS) is 10.5. The fourth-order valence-electron chi connectivity index (χ4n) is 2.36. The van der Waals surface area contributed by atoms with E-state index in [4.69, 9.17) is 0 Å². The lowest BCUT2D eigenvalue weighted by Gasteiger charge is -2.10. The fraction of sp³-hybridized carbons (Fsp3) is 0.105. The largest absolute Gasteiger partial charge is 0.350 e. The number of rotatable bonds is 5. The number of carbonyl (C=O) groups is 1. The monoisotopic (exact) mass is 372 g/mol. The quantitative estimate of drug-likeness (QED) is 0.709. The van der Waals surface area contributed by atoms with Crippen LogP contribution in [-0.4, -0.2) is 15.9 Å². The summed E-state index contributed by atoms with van der Waals surface area (Å²) in [6.07, 6.45) is 1.31. The molecule has 0 saturated carbocycles. The Bertz CT molecular complexity index is 994. The molecule has 0 bridgehead atoms. The van der Waals surface area contributed by atoms with Crippen LogP contribution in [0.25, 0.3) is 0 Å². The Morgan fingerprint density at radius 1 is 1.04 bits per heavy atom. The third-order valence-corrected chi connectivity index (χ3v) is 3.80. The standard InChI is InChI=1S/C19H15F3N4O/c1-11-14(18(27)26-13-6-7-16(21)17(22)8-13)10-24-19(25-11)23-9-12-4-2-3-5-15(12)20/h2-8,10H,9H2,1H3,(H,26,27)(H,23,24,25). The van der Waals surface area contributed by atoms with E-state index in [9.17, 15) is 18.0 Å². The van der Waals surface area contributed by atoms with Gasteiger partial charge < -0.3 is 10.6 Å². The Morgan fingerprint density at radius 3 is 2.52 bits per heavy atom. The number of amides is 1. The molecule has 0 unspecified atom stereocenters. The van der Waals surface area contributed by atoms with Gasteiger partial charge in [-0.2, -0.15) is 0 Å². The maximum Gasteiger partial charge on any atom is 0.259 e. The summed E-state index contributed by atoms with van der Waals surface area (Å²) in [5, 5.41) is 5.34. The zero-order chi connectivity index (χ0) is 19.4. The minimum absolute atomic E-state index is 0.111. The first-order valence-corrected chi connectivity index (χ1v) is 8.01. The highest BCUT2D eigenvalue weighted by molar-refractivity contribution is 6.04. The number of hydrogen-bond acceptors (Lipinski definition) is 4. The van der Waals surface area contributed by atoms with Gasteiger partial charge in [-0.1, -0.05) is 18.2 Å². The van der Waals surface area contributed by atoms with E-state index in [0.717, 1.165) is 12.1 Å². The van der Waals surface area contributed by atoms with Gasteiger partial charge in [0.05, 0.1) is 11.3 Å². The van der Waals surface area contributed by atoms with Crippen LogP contribution in [0.1, 0.15) is 21.6 Å². The molecule has 3 aromatic rings. The van der Waals surface area contributed by atoms with Gasteiger partial charge in [0.1, 0.15) is 5.82 Å². The van der Waals surface area contributed by atoms with E-state index in [1.165, 1.54) is 18.3 Å². The Kier molecular flexibility index (Phi) is 5.35. The Hall–Kier alpha value is -3.42. The molecule has 0 saturated heterocycles. The topological polar surface area (TPSA) is 66.9 Å². The maximum absolute atomic E-state index is 13.6. The summed E-state index contributed by atoms with van der Waals surface area (Å²) < 4.78 is 39.8. The number of nitrogens with one attached hydrogen (secondary N) is 2. The SMILES string of the molecule is Cc1nc(NCc2ccccc2F)ncc1C(=O)Nc1ccc(F)c(F)c1. The molecule has 8 heteroatoms. The van der Waals surface area contributed by atoms with E-state index >= 15 is 0 Å². The molecule has 1 heterocycles. The molecule has 138 valence electrons. The van der Waals surface area contributed by atoms with Gasteiger partial charge in [0, 0.05) is 30.1 Å². The number of anilines is 2. The van der Waals surface area contributed by atoms with Gasteiger partial charge in [0.15, 0.2) is 11.6 Å². The first kappa shape index (κ1) is 18.4. The summed E-state index contributed by atoms with van der Waals surface area (Å²) in [5.74, 6) is -2.73. The second-order valence-corrected chi connectivity index (χ2v) is 5.72. The molecule has 0 radical (unpaired) electrons. The number of nitrogens with zero attached hydrogens (tertiary/aromatic N) is 2. The number of aromatic nitrogens is 2. The summed E-state index contributed by atoms with van der Waals surface area (Å²) in [6.45, 7) is 1.79. The third-order valence-electron chi connectivity index (χ3n) is 3.80. The molecular weight excluding hydrogens is 357 g/mol. The highest BCUT2D eigenvalue weighted by atomic mass is 19.2. The average molecular weight is 372 g/mol. The van der Waals surface area contributed by atoms with Crippen LogP contribution in [0.15, 0.2) is 48.7 Å². The summed E-state index contributed by atoms with van der Waals surface area (Å²) in [4.78, 5) is 20.5. The molecular formula is C19H15F3N4O. The Morgan fingerprint density at radius 2 is 1.81 bits per heavy atom. The molecule has 0 fully saturated rings. The van der Waals surface area contributed by atoms with Crippen LogP contribution >= 0.6 is 0 Å². The van der Waals surface area contributed by atoms with E-state index in [-0.39, 0.29) is 29.6 Å². The predicted molar refractivity (Wildman–Crippen MR) is 94.8 cm³/mol. The zero-order valence-corrected chi connectivity index (χ0v) is 14.3. The molecule has 3 rings (SSSR count). The minimum atomic E-state index is -1.06. The molecule has 0 aliphatic heterocycles. The molecule has 2 N–H and O–H groups in total. The summed E-state index contributed by atoms with van der Waals surface area (Å²) >= 11 is 0. The van der Waals surface area contributed by atoms with Crippen LogP contribution < -0.4 is 10.6 Å². The Labute approximate surface area is 153 Å². The zero-order valence-electron chi connectivity index (χ0n) is 14.3. The number of hydrogen-bond donors (Lipinski definition) is 2. The van der Waals surface area contributed by atoms with Crippen LogP contribution in [0.3, 0.4) is 0 Å². The summed E-state index contributed by atoms with van der Waals surface area (Å²) in [6, 6.07) is 9.36. The van der Waals surface area contributed by atoms with Crippen LogP contribution in [0.2, 0.25) is 0 Å². The number of aryl methyl sites for hydroxylation is 1. The van der Waals surface area contributed by atoms with Gasteiger partial charge in [-0.3, -0.25) is 4.79 Å². The van der Waals surface area contributed by atoms with Crippen molar-refractivity contribution >= 4 is 17.5 Å². The van der Waals surface area contributed by atoms with Gasteiger partial charge in [-0.05, 0) is 25.1 Å². The molecule has 27 heavy (non-hydrogen) atoms. The maximum atomic E-state index is 13.6. The van der Waals surface area contributed by atoms with E-state index < -0.39 is 17.5 Å². The van der Waals surface area contributed by atoms with Gasteiger partial charge in [-0.15, -0.1) is 0 Å². The number of benzene rings is 2. The fourth-order valence-corrected chi connectivity index (χ4v) is 2.36. The van der Waals surface area contributed by atoms with Crippen molar-refractivity contribution in [3.05, 3.63) is 82.9 Å². The molecule has 5 nitrogen and oxygen atoms in total. The van der Waals surface area contributed by atoms with Crippen molar-refractivity contribution in [2.75, 3.05) is 10.6 Å². The second-order valence-electron chi connectivity index (χ2n) is 5.72. The predicted octanol–water partition coefficient (Wildman–Crippen LogP) is 4.07. The van der Waals surface area contributed by atoms with Crippen molar-refractivity contribution in [1.82, 2.24) is 9.97 Å². The van der Waals surface area contributed by atoms with E-state index in [1.807, 2.05) is 0 Å². The lowest BCUT2D eigenvalue weighted by Crippen LogP contribution is -2.16. The van der Waals surface area contributed by atoms with Gasteiger partial charge in [-0.25, -0.2) is 23.1 Å². The van der Waals surface area contributed by atoms with Crippen molar-refractivity contribution in [3.63, 3.8) is 0 Å². The average Bonchev–Trinajstić information content (AvgIpc) is 2.64. The molecule has 0 atom stereocenters. The summed E-state index contributed by atoms with van der Waals surface area (Å²) in [5.41, 5.74) is 1.12. The number of carbonyl (C=O) groups excluding carboxylic acids is 1. The minimum Gasteiger partial charge on any atom is -0.350 e. The molecule has 1 amide bonds. The molecule has 1 aromatic heterocycles. The summed E-state index contributed by atoms with van der Waals surface area (Å²) in [7, 11) is 0. The molecule has 2 aromatic carbocycles. The van der Waals surface area contributed by atoms with Gasteiger partial charge in [0.25, 0.3) is 5.91 Å². The lowest BCUT2D eigenvalue weighted by molar-refractivity contribution is 0.102. The molecule has 0 spiro atoms. The van der Waals surface area contributed by atoms with Crippen LogP contribution in [-0.2, 0) is 6.54 Å². The van der Waals surface area contributed by atoms with Crippen molar-refractivity contribution in [1.29, 1.82) is 0 Å². The highest BCUT2D eigenvalue weighted by Crippen LogP contribution is 2.16. The van der Waals surface area contributed by atoms with Crippen molar-refractivity contribution in [2.45, 2.75) is 13.5 Å². The van der Waals surface area contributed by atoms with Crippen molar-refractivity contribution in [2.24, 2.45) is 0 Å². The van der Waals surface area contributed by atoms with Crippen molar-refractivity contribution in [3.8, 4) is 0 Å². The van der Waals surface area contributed by atoms with Crippen LogP contribution in [0, 0.1) is 24.4 Å². The second kappa shape index (κ2) is 7.86. The van der Waals surface area contributed by atoms with Crippen molar-refractivity contribution < 1.29 is 18.0 Å². The van der Waals surface area contributed by atoms with Gasteiger partial charge in [0.2, 0.25) is 5.95 Å². The number of halogens is 3. The van der Waals surface area contributed by atoms with E-state index in [2.05, 4.69) is 20.6 Å². The smallest absolute Gasteiger partial charge is 0.259 e. The first-order chi connectivity index (χ1) is 12.9. The highest BCUT2D eigenvalue weighted by Gasteiger charge is 2.13.